The van der Waals surface area contributed by atoms with Crippen molar-refractivity contribution in [2.75, 3.05) is 10.5 Å². The van der Waals surface area contributed by atoms with Crippen LogP contribution in [0.15, 0.2) is 60.9 Å². The standard InChI is InChI=1S/C23H21F2N3OS/c1-2-10-30(29)28-21-9-8-20(24)19(22(21)25)12-17-14-27-23-18(17)11-16(13-26-23)15-6-4-3-5-7-15/h3-9,11,13-14,28H,2,10,12H2,1H3,(H,26,27). The number of hydrogen-bond acceptors (Lipinski definition) is 2. The van der Waals surface area contributed by atoms with Crippen molar-refractivity contribution < 1.29 is 13.0 Å². The highest BCUT2D eigenvalue weighted by molar-refractivity contribution is 7.86. The third-order valence-corrected chi connectivity index (χ3v) is 6.12. The third kappa shape index (κ3) is 4.11. The molecule has 2 heterocycles. The first kappa shape index (κ1) is 20.2. The number of halogens is 2. The molecule has 0 bridgehead atoms. The number of benzene rings is 2. The van der Waals surface area contributed by atoms with Crippen molar-refractivity contribution in [2.24, 2.45) is 0 Å². The summed E-state index contributed by atoms with van der Waals surface area (Å²) in [7, 11) is -1.41. The summed E-state index contributed by atoms with van der Waals surface area (Å²) < 4.78 is 44.1. The van der Waals surface area contributed by atoms with Crippen LogP contribution in [0.1, 0.15) is 24.5 Å². The number of pyridine rings is 1. The van der Waals surface area contributed by atoms with Crippen LogP contribution in [0.4, 0.5) is 14.5 Å². The van der Waals surface area contributed by atoms with E-state index < -0.39 is 22.6 Å². The third-order valence-electron chi connectivity index (χ3n) is 4.89. The molecule has 0 aliphatic rings. The van der Waals surface area contributed by atoms with Crippen LogP contribution in [0.2, 0.25) is 0 Å². The Kier molecular flexibility index (Phi) is 5.90. The van der Waals surface area contributed by atoms with Gasteiger partial charge in [-0.3, -0.25) is 0 Å². The van der Waals surface area contributed by atoms with Crippen molar-refractivity contribution >= 4 is 27.7 Å². The van der Waals surface area contributed by atoms with E-state index in [1.54, 1.807) is 12.4 Å². The quantitative estimate of drug-likeness (QED) is 0.406. The minimum Gasteiger partial charge on any atom is -0.346 e. The van der Waals surface area contributed by atoms with Crippen LogP contribution in [-0.2, 0) is 17.4 Å². The smallest absolute Gasteiger partial charge is 0.153 e. The molecule has 2 N–H and O–H groups in total. The molecule has 4 rings (SSSR count). The first-order valence-electron chi connectivity index (χ1n) is 9.70. The van der Waals surface area contributed by atoms with Crippen LogP contribution in [0.25, 0.3) is 22.2 Å². The van der Waals surface area contributed by atoms with Crippen LogP contribution in [0.3, 0.4) is 0 Å². The van der Waals surface area contributed by atoms with Gasteiger partial charge >= 0.3 is 0 Å². The summed E-state index contributed by atoms with van der Waals surface area (Å²) in [6, 6.07) is 14.3. The maximum absolute atomic E-state index is 15.0. The van der Waals surface area contributed by atoms with Crippen molar-refractivity contribution in [3.63, 3.8) is 0 Å². The monoisotopic (exact) mass is 425 g/mol. The number of nitrogens with one attached hydrogen (secondary N) is 2. The average Bonchev–Trinajstić information content (AvgIpc) is 3.16. The SMILES string of the molecule is CCCS(=O)Nc1ccc(F)c(Cc2c[nH]c3ncc(-c4ccccc4)cc23)c1F. The molecular formula is C23H21F2N3OS. The van der Waals surface area contributed by atoms with E-state index in [9.17, 15) is 8.60 Å². The van der Waals surface area contributed by atoms with Crippen LogP contribution < -0.4 is 4.72 Å². The fraction of sp³-hybridized carbons (Fsp3) is 0.174. The summed E-state index contributed by atoms with van der Waals surface area (Å²) in [6.07, 6.45) is 4.24. The second-order valence-corrected chi connectivity index (χ2v) is 8.32. The molecule has 0 amide bonds. The Labute approximate surface area is 176 Å². The lowest BCUT2D eigenvalue weighted by molar-refractivity contribution is 0.564. The van der Waals surface area contributed by atoms with Gasteiger partial charge in [0.2, 0.25) is 0 Å². The molecule has 4 aromatic rings. The molecule has 0 saturated heterocycles. The second kappa shape index (κ2) is 8.75. The van der Waals surface area contributed by atoms with Gasteiger partial charge in [0, 0.05) is 41.1 Å². The second-order valence-electron chi connectivity index (χ2n) is 7.02. The summed E-state index contributed by atoms with van der Waals surface area (Å²) in [5.74, 6) is -0.968. The number of rotatable bonds is 7. The van der Waals surface area contributed by atoms with Gasteiger partial charge in [-0.15, -0.1) is 0 Å². The van der Waals surface area contributed by atoms with Crippen LogP contribution in [0, 0.1) is 11.6 Å². The van der Waals surface area contributed by atoms with E-state index in [1.807, 2.05) is 43.3 Å². The molecular weight excluding hydrogens is 404 g/mol. The minimum absolute atomic E-state index is 0.0427. The summed E-state index contributed by atoms with van der Waals surface area (Å²) in [5.41, 5.74) is 3.31. The Balaban J connectivity index is 1.70. The molecule has 0 spiro atoms. The average molecular weight is 426 g/mol. The molecule has 2 aromatic heterocycles. The van der Waals surface area contributed by atoms with E-state index in [2.05, 4.69) is 14.7 Å². The number of nitrogens with zero attached hydrogens (tertiary/aromatic N) is 1. The lowest BCUT2D eigenvalue weighted by atomic mass is 10.0. The van der Waals surface area contributed by atoms with Gasteiger partial charge in [-0.05, 0) is 35.7 Å². The van der Waals surface area contributed by atoms with Gasteiger partial charge < -0.3 is 9.71 Å². The molecule has 0 saturated carbocycles. The normalized spacial score (nSPS) is 12.2. The number of anilines is 1. The summed E-state index contributed by atoms with van der Waals surface area (Å²) in [4.78, 5) is 7.52. The van der Waals surface area contributed by atoms with Crippen molar-refractivity contribution in [3.8, 4) is 11.1 Å². The predicted molar refractivity (Wildman–Crippen MR) is 118 cm³/mol. The molecule has 2 aromatic carbocycles. The van der Waals surface area contributed by atoms with E-state index in [0.29, 0.717) is 17.8 Å². The van der Waals surface area contributed by atoms with Crippen molar-refractivity contribution in [2.45, 2.75) is 19.8 Å². The zero-order valence-corrected chi connectivity index (χ0v) is 17.2. The van der Waals surface area contributed by atoms with E-state index >= 15 is 4.39 Å². The first-order chi connectivity index (χ1) is 14.6. The molecule has 154 valence electrons. The molecule has 30 heavy (non-hydrogen) atoms. The predicted octanol–water partition coefficient (Wildman–Crippen LogP) is 5.58. The number of H-pyrrole nitrogens is 1. The minimum atomic E-state index is -1.41. The highest BCUT2D eigenvalue weighted by atomic mass is 32.2. The van der Waals surface area contributed by atoms with E-state index in [0.717, 1.165) is 22.1 Å². The zero-order valence-electron chi connectivity index (χ0n) is 16.4. The molecule has 0 aliphatic heterocycles. The summed E-state index contributed by atoms with van der Waals surface area (Å²) in [5, 5.41) is 0.808. The van der Waals surface area contributed by atoms with Crippen LogP contribution >= 0.6 is 0 Å². The summed E-state index contributed by atoms with van der Waals surface area (Å²) in [6.45, 7) is 1.89. The zero-order chi connectivity index (χ0) is 21.1. The number of hydrogen-bond donors (Lipinski definition) is 2. The molecule has 0 fully saturated rings. The van der Waals surface area contributed by atoms with E-state index in [-0.39, 0.29) is 17.7 Å². The van der Waals surface area contributed by atoms with Gasteiger partial charge in [0.25, 0.3) is 0 Å². The van der Waals surface area contributed by atoms with Crippen LogP contribution in [-0.4, -0.2) is 19.9 Å². The Bertz CT molecular complexity index is 1210. The number of aromatic nitrogens is 2. The molecule has 0 aliphatic carbocycles. The Morgan fingerprint density at radius 1 is 1.10 bits per heavy atom. The van der Waals surface area contributed by atoms with Gasteiger partial charge in [0.15, 0.2) is 5.82 Å². The Hall–Kier alpha value is -3.06. The van der Waals surface area contributed by atoms with Gasteiger partial charge in [0.1, 0.15) is 22.5 Å². The highest BCUT2D eigenvalue weighted by Crippen LogP contribution is 2.29. The maximum atomic E-state index is 15.0. The number of fused-ring (bicyclic) bond motifs is 1. The van der Waals surface area contributed by atoms with Crippen molar-refractivity contribution in [1.82, 2.24) is 9.97 Å². The number of aromatic amines is 1. The fourth-order valence-electron chi connectivity index (χ4n) is 3.38. The highest BCUT2D eigenvalue weighted by Gasteiger charge is 2.17. The largest absolute Gasteiger partial charge is 0.346 e. The lowest BCUT2D eigenvalue weighted by Crippen LogP contribution is -2.11. The molecule has 0 radical (unpaired) electrons. The Morgan fingerprint density at radius 2 is 1.90 bits per heavy atom. The van der Waals surface area contributed by atoms with Gasteiger partial charge in [-0.2, -0.15) is 0 Å². The lowest BCUT2D eigenvalue weighted by Gasteiger charge is -2.11. The topological polar surface area (TPSA) is 57.8 Å². The first-order valence-corrected chi connectivity index (χ1v) is 11.0. The van der Waals surface area contributed by atoms with E-state index in [1.165, 1.54) is 12.1 Å². The molecule has 4 nitrogen and oxygen atoms in total. The van der Waals surface area contributed by atoms with Gasteiger partial charge in [-0.25, -0.2) is 18.0 Å². The van der Waals surface area contributed by atoms with Crippen molar-refractivity contribution in [1.29, 1.82) is 0 Å². The van der Waals surface area contributed by atoms with Gasteiger partial charge in [0.05, 0.1) is 5.69 Å². The molecule has 7 heteroatoms. The van der Waals surface area contributed by atoms with Gasteiger partial charge in [-0.1, -0.05) is 37.3 Å². The van der Waals surface area contributed by atoms with Crippen LogP contribution in [0.5, 0.6) is 0 Å². The molecule has 1 unspecified atom stereocenters. The van der Waals surface area contributed by atoms with E-state index in [4.69, 9.17) is 0 Å². The fourth-order valence-corrected chi connectivity index (χ4v) is 4.26. The maximum Gasteiger partial charge on any atom is 0.153 e. The Morgan fingerprint density at radius 3 is 2.67 bits per heavy atom. The van der Waals surface area contributed by atoms with Crippen molar-refractivity contribution in [3.05, 3.63) is 83.7 Å². The summed E-state index contributed by atoms with van der Waals surface area (Å²) >= 11 is 0. The molecule has 1 atom stereocenters.